The van der Waals surface area contributed by atoms with Crippen LogP contribution in [0.5, 0.6) is 0 Å². The van der Waals surface area contributed by atoms with Gasteiger partial charge in [0.05, 0.1) is 12.6 Å². The lowest BCUT2D eigenvalue weighted by Gasteiger charge is -2.30. The number of hydrogen-bond acceptors (Lipinski definition) is 3. The van der Waals surface area contributed by atoms with Crippen molar-refractivity contribution in [3.05, 3.63) is 0 Å². The molecule has 0 spiro atoms. The fourth-order valence-corrected chi connectivity index (χ4v) is 1.49. The van der Waals surface area contributed by atoms with E-state index in [1.807, 2.05) is 0 Å². The number of aliphatic hydroxyl groups is 1. The van der Waals surface area contributed by atoms with Gasteiger partial charge in [0.15, 0.2) is 0 Å². The van der Waals surface area contributed by atoms with E-state index in [-0.39, 0.29) is 18.4 Å². The summed E-state index contributed by atoms with van der Waals surface area (Å²) in [7, 11) is 0. The topological polar surface area (TPSA) is 69.6 Å². The fourth-order valence-electron chi connectivity index (χ4n) is 1.49. The molecule has 0 aromatic heterocycles. The van der Waals surface area contributed by atoms with E-state index in [0.717, 1.165) is 12.8 Å². The van der Waals surface area contributed by atoms with Crippen LogP contribution in [0, 0.1) is 0 Å². The molecule has 5 heteroatoms. The first-order valence-corrected chi connectivity index (χ1v) is 4.80. The normalized spacial score (nSPS) is 21.9. The average molecular weight is 200 g/mol. The second-order valence-electron chi connectivity index (χ2n) is 3.55. The van der Waals surface area contributed by atoms with Crippen LogP contribution in [0.2, 0.25) is 0 Å². The molecular weight excluding hydrogens is 184 g/mol. The summed E-state index contributed by atoms with van der Waals surface area (Å²) in [5.41, 5.74) is 0. The summed E-state index contributed by atoms with van der Waals surface area (Å²) in [6.07, 6.45) is 1.17. The minimum atomic E-state index is -0.412. The summed E-state index contributed by atoms with van der Waals surface area (Å²) >= 11 is 0. The van der Waals surface area contributed by atoms with E-state index in [9.17, 15) is 14.7 Å². The molecule has 1 heterocycles. The van der Waals surface area contributed by atoms with Crippen molar-refractivity contribution in [2.75, 3.05) is 19.6 Å². The van der Waals surface area contributed by atoms with Gasteiger partial charge in [-0.2, -0.15) is 0 Å². The van der Waals surface area contributed by atoms with Crippen molar-refractivity contribution < 1.29 is 14.7 Å². The zero-order valence-electron chi connectivity index (χ0n) is 8.32. The van der Waals surface area contributed by atoms with Crippen LogP contribution in [0.15, 0.2) is 0 Å². The third kappa shape index (κ3) is 3.33. The molecule has 0 aliphatic carbocycles. The summed E-state index contributed by atoms with van der Waals surface area (Å²) < 4.78 is 0. The van der Waals surface area contributed by atoms with Gasteiger partial charge >= 0.3 is 0 Å². The zero-order valence-corrected chi connectivity index (χ0v) is 8.32. The van der Waals surface area contributed by atoms with Crippen LogP contribution in [0.25, 0.3) is 0 Å². The summed E-state index contributed by atoms with van der Waals surface area (Å²) in [6, 6.07) is 0. The number of carbonyl (C=O) groups is 2. The van der Waals surface area contributed by atoms with Crippen molar-refractivity contribution in [1.82, 2.24) is 10.2 Å². The molecule has 2 N–H and O–H groups in total. The van der Waals surface area contributed by atoms with E-state index >= 15 is 0 Å². The predicted octanol–water partition coefficient (Wildman–Crippen LogP) is -0.894. The highest BCUT2D eigenvalue weighted by Crippen LogP contribution is 2.09. The van der Waals surface area contributed by atoms with Crippen LogP contribution in [-0.2, 0) is 9.59 Å². The Balaban J connectivity index is 2.32. The highest BCUT2D eigenvalue weighted by Gasteiger charge is 2.21. The quantitative estimate of drug-likeness (QED) is 0.607. The molecule has 1 atom stereocenters. The van der Waals surface area contributed by atoms with E-state index in [1.165, 1.54) is 6.92 Å². The van der Waals surface area contributed by atoms with Crippen LogP contribution in [0.1, 0.15) is 19.8 Å². The number of rotatable bonds is 2. The first-order valence-electron chi connectivity index (χ1n) is 4.80. The Kier molecular flexibility index (Phi) is 3.88. The Morgan fingerprint density at radius 2 is 2.29 bits per heavy atom. The molecule has 0 aromatic carbocycles. The van der Waals surface area contributed by atoms with Gasteiger partial charge < -0.3 is 15.3 Å². The standard InChI is InChI=1S/C9H16N2O3/c1-7(12)10-5-9(14)11-4-2-3-8(13)6-11/h8,13H,2-6H2,1H3,(H,10,12)/t8-/m0/s1. The van der Waals surface area contributed by atoms with Crippen molar-refractivity contribution in [3.63, 3.8) is 0 Å². The molecule has 1 aliphatic rings. The maximum absolute atomic E-state index is 11.4. The second-order valence-corrected chi connectivity index (χ2v) is 3.55. The number of likely N-dealkylation sites (tertiary alicyclic amines) is 1. The minimum Gasteiger partial charge on any atom is -0.391 e. The SMILES string of the molecule is CC(=O)NCC(=O)N1CCC[C@H](O)C1. The smallest absolute Gasteiger partial charge is 0.242 e. The fraction of sp³-hybridized carbons (Fsp3) is 0.778. The number of amides is 2. The molecule has 1 saturated heterocycles. The van der Waals surface area contributed by atoms with Gasteiger partial charge in [-0.15, -0.1) is 0 Å². The summed E-state index contributed by atoms with van der Waals surface area (Å²) in [5, 5.41) is 11.8. The summed E-state index contributed by atoms with van der Waals surface area (Å²) in [5.74, 6) is -0.338. The molecule has 14 heavy (non-hydrogen) atoms. The molecule has 0 saturated carbocycles. The maximum Gasteiger partial charge on any atom is 0.242 e. The molecule has 0 bridgehead atoms. The highest BCUT2D eigenvalue weighted by atomic mass is 16.3. The lowest BCUT2D eigenvalue weighted by atomic mass is 10.1. The van der Waals surface area contributed by atoms with E-state index in [4.69, 9.17) is 0 Å². The number of aliphatic hydroxyl groups excluding tert-OH is 1. The zero-order chi connectivity index (χ0) is 10.6. The number of carbonyl (C=O) groups excluding carboxylic acids is 2. The molecule has 1 aliphatic heterocycles. The van der Waals surface area contributed by atoms with Gasteiger partial charge in [-0.1, -0.05) is 0 Å². The van der Waals surface area contributed by atoms with Crippen LogP contribution in [-0.4, -0.2) is 47.6 Å². The number of β-amino-alcohol motifs (C(OH)–C–C–N with tert-alkyl or cyclic N) is 1. The average Bonchev–Trinajstić information content (AvgIpc) is 2.14. The molecule has 80 valence electrons. The van der Waals surface area contributed by atoms with Crippen molar-refractivity contribution >= 4 is 11.8 Å². The van der Waals surface area contributed by atoms with Crippen molar-refractivity contribution in [1.29, 1.82) is 0 Å². The van der Waals surface area contributed by atoms with Crippen LogP contribution in [0.4, 0.5) is 0 Å². The number of nitrogens with one attached hydrogen (secondary N) is 1. The summed E-state index contributed by atoms with van der Waals surface area (Å²) in [6.45, 7) is 2.47. The van der Waals surface area contributed by atoms with Gasteiger partial charge in [0.25, 0.3) is 0 Å². The monoisotopic (exact) mass is 200 g/mol. The molecule has 2 amide bonds. The highest BCUT2D eigenvalue weighted by molar-refractivity contribution is 5.83. The largest absolute Gasteiger partial charge is 0.391 e. The molecule has 0 aromatic rings. The second kappa shape index (κ2) is 4.95. The maximum atomic E-state index is 11.4. The number of hydrogen-bond donors (Lipinski definition) is 2. The van der Waals surface area contributed by atoms with E-state index < -0.39 is 6.10 Å². The Bertz CT molecular complexity index is 230. The summed E-state index contributed by atoms with van der Waals surface area (Å²) in [4.78, 5) is 23.6. The molecule has 1 fully saturated rings. The van der Waals surface area contributed by atoms with Crippen LogP contribution >= 0.6 is 0 Å². The Labute approximate surface area is 83.1 Å². The van der Waals surface area contributed by atoms with Crippen molar-refractivity contribution in [2.24, 2.45) is 0 Å². The van der Waals surface area contributed by atoms with E-state index in [2.05, 4.69) is 5.32 Å². The predicted molar refractivity (Wildman–Crippen MR) is 50.5 cm³/mol. The Morgan fingerprint density at radius 3 is 2.86 bits per heavy atom. The lowest BCUT2D eigenvalue weighted by Crippen LogP contribution is -2.46. The number of nitrogens with zero attached hydrogens (tertiary/aromatic N) is 1. The molecular formula is C9H16N2O3. The van der Waals surface area contributed by atoms with E-state index in [0.29, 0.717) is 13.1 Å². The van der Waals surface area contributed by atoms with Crippen molar-refractivity contribution in [2.45, 2.75) is 25.9 Å². The molecule has 0 unspecified atom stereocenters. The van der Waals surface area contributed by atoms with Gasteiger partial charge in [0.1, 0.15) is 0 Å². The van der Waals surface area contributed by atoms with Gasteiger partial charge in [0.2, 0.25) is 11.8 Å². The molecule has 5 nitrogen and oxygen atoms in total. The van der Waals surface area contributed by atoms with Gasteiger partial charge in [-0.3, -0.25) is 9.59 Å². The lowest BCUT2D eigenvalue weighted by molar-refractivity contribution is -0.135. The first kappa shape index (κ1) is 11.0. The third-order valence-electron chi connectivity index (χ3n) is 2.24. The Morgan fingerprint density at radius 1 is 1.57 bits per heavy atom. The number of piperidine rings is 1. The Hall–Kier alpha value is -1.10. The van der Waals surface area contributed by atoms with Gasteiger partial charge in [0, 0.05) is 20.0 Å². The first-order chi connectivity index (χ1) is 6.59. The van der Waals surface area contributed by atoms with Crippen molar-refractivity contribution in [3.8, 4) is 0 Å². The van der Waals surface area contributed by atoms with E-state index in [1.54, 1.807) is 4.90 Å². The van der Waals surface area contributed by atoms with Crippen LogP contribution in [0.3, 0.4) is 0 Å². The third-order valence-corrected chi connectivity index (χ3v) is 2.24. The minimum absolute atomic E-state index is 0.0298. The molecule has 1 rings (SSSR count). The van der Waals surface area contributed by atoms with Crippen LogP contribution < -0.4 is 5.32 Å². The molecule has 0 radical (unpaired) electrons. The van der Waals surface area contributed by atoms with Gasteiger partial charge in [-0.25, -0.2) is 0 Å². The van der Waals surface area contributed by atoms with Gasteiger partial charge in [-0.05, 0) is 12.8 Å².